The second kappa shape index (κ2) is 60.0. The van der Waals surface area contributed by atoms with Crippen molar-refractivity contribution in [3.63, 3.8) is 0 Å². The zero-order valence-corrected chi connectivity index (χ0v) is 47.8. The Morgan fingerprint density at radius 3 is 0.571 bits per heavy atom. The van der Waals surface area contributed by atoms with Gasteiger partial charge in [-0.3, -0.25) is 14.4 Å². The van der Waals surface area contributed by atoms with Gasteiger partial charge in [0.15, 0.2) is 6.10 Å². The molecule has 0 aliphatic rings. The van der Waals surface area contributed by atoms with Crippen molar-refractivity contribution in [3.05, 3.63) is 0 Å². The predicted octanol–water partition coefficient (Wildman–Crippen LogP) is 21.5. The summed E-state index contributed by atoms with van der Waals surface area (Å²) in [6, 6.07) is 0. The number of hydrogen-bond donors (Lipinski definition) is 0. The SMILES string of the molecule is CCCCCCCCCCCCCCCCCCCCCCCCCCCCCCC(=O)OCC(COC(=O)CCCCCCCCCCCCC)OC(=O)CCCCCCCCCCCCCCC. The summed E-state index contributed by atoms with van der Waals surface area (Å²) in [5.74, 6) is -0.832. The molecule has 416 valence electrons. The van der Waals surface area contributed by atoms with Gasteiger partial charge in [-0.25, -0.2) is 0 Å². The van der Waals surface area contributed by atoms with Crippen molar-refractivity contribution in [2.24, 2.45) is 0 Å². The van der Waals surface area contributed by atoms with Crippen LogP contribution in [0.1, 0.15) is 374 Å². The number of hydrogen-bond acceptors (Lipinski definition) is 6. The highest BCUT2D eigenvalue weighted by molar-refractivity contribution is 5.71. The van der Waals surface area contributed by atoms with Crippen LogP contribution in [-0.2, 0) is 28.6 Å². The molecule has 0 saturated heterocycles. The smallest absolute Gasteiger partial charge is 0.306 e. The first kappa shape index (κ1) is 68.4. The highest BCUT2D eigenvalue weighted by Gasteiger charge is 2.19. The lowest BCUT2D eigenvalue weighted by Gasteiger charge is -2.18. The summed E-state index contributed by atoms with van der Waals surface area (Å²) < 4.78 is 16.9. The van der Waals surface area contributed by atoms with E-state index in [-0.39, 0.29) is 31.1 Å². The van der Waals surface area contributed by atoms with Crippen LogP contribution in [0.2, 0.25) is 0 Å². The lowest BCUT2D eigenvalue weighted by Crippen LogP contribution is -2.30. The van der Waals surface area contributed by atoms with E-state index in [0.29, 0.717) is 19.3 Å². The number of unbranched alkanes of at least 4 members (excludes halogenated alkanes) is 49. The van der Waals surface area contributed by atoms with Gasteiger partial charge in [-0.05, 0) is 19.3 Å². The Bertz CT molecular complexity index is 1040. The van der Waals surface area contributed by atoms with Crippen LogP contribution in [0.5, 0.6) is 0 Å². The van der Waals surface area contributed by atoms with Crippen LogP contribution in [-0.4, -0.2) is 37.2 Å². The maximum absolute atomic E-state index is 12.8. The number of carbonyl (C=O) groups excluding carboxylic acids is 3. The third-order valence-electron chi connectivity index (χ3n) is 14.9. The molecule has 0 aromatic carbocycles. The molecule has 0 bridgehead atoms. The molecular weight excluding hydrogens is 865 g/mol. The minimum absolute atomic E-state index is 0.0611. The van der Waals surface area contributed by atoms with Crippen molar-refractivity contribution < 1.29 is 28.6 Å². The molecule has 0 radical (unpaired) electrons. The normalized spacial score (nSPS) is 11.9. The molecule has 0 spiro atoms. The molecule has 6 heteroatoms. The highest BCUT2D eigenvalue weighted by atomic mass is 16.6. The summed E-state index contributed by atoms with van der Waals surface area (Å²) >= 11 is 0. The zero-order chi connectivity index (χ0) is 50.7. The average Bonchev–Trinajstić information content (AvgIpc) is 3.36. The summed E-state index contributed by atoms with van der Waals surface area (Å²) in [7, 11) is 0. The van der Waals surface area contributed by atoms with Crippen molar-refractivity contribution in [2.75, 3.05) is 13.2 Å². The second-order valence-corrected chi connectivity index (χ2v) is 22.1. The van der Waals surface area contributed by atoms with E-state index in [1.807, 2.05) is 0 Å². The van der Waals surface area contributed by atoms with Crippen LogP contribution in [0.4, 0.5) is 0 Å². The molecule has 0 saturated carbocycles. The third-order valence-corrected chi connectivity index (χ3v) is 14.9. The van der Waals surface area contributed by atoms with Crippen LogP contribution < -0.4 is 0 Å². The van der Waals surface area contributed by atoms with E-state index in [1.165, 1.54) is 276 Å². The Labute approximate surface area is 438 Å². The first-order chi connectivity index (χ1) is 34.5. The van der Waals surface area contributed by atoms with E-state index in [1.54, 1.807) is 0 Å². The van der Waals surface area contributed by atoms with Crippen molar-refractivity contribution in [2.45, 2.75) is 380 Å². The predicted molar refractivity (Wildman–Crippen MR) is 303 cm³/mol. The van der Waals surface area contributed by atoms with Crippen molar-refractivity contribution in [1.82, 2.24) is 0 Å². The van der Waals surface area contributed by atoms with Crippen molar-refractivity contribution in [1.29, 1.82) is 0 Å². The monoisotopic (exact) mass is 989 g/mol. The van der Waals surface area contributed by atoms with Crippen molar-refractivity contribution >= 4 is 17.9 Å². The molecule has 0 aromatic heterocycles. The van der Waals surface area contributed by atoms with Gasteiger partial charge in [-0.15, -0.1) is 0 Å². The van der Waals surface area contributed by atoms with Crippen LogP contribution in [0.15, 0.2) is 0 Å². The number of carbonyl (C=O) groups is 3. The van der Waals surface area contributed by atoms with Crippen LogP contribution >= 0.6 is 0 Å². The second-order valence-electron chi connectivity index (χ2n) is 22.1. The Balaban J connectivity index is 4.06. The van der Waals surface area contributed by atoms with E-state index in [9.17, 15) is 14.4 Å². The molecule has 1 unspecified atom stereocenters. The van der Waals surface area contributed by atoms with Gasteiger partial charge in [0.2, 0.25) is 0 Å². The van der Waals surface area contributed by atoms with E-state index in [4.69, 9.17) is 14.2 Å². The van der Waals surface area contributed by atoms with Gasteiger partial charge >= 0.3 is 17.9 Å². The molecule has 0 aliphatic heterocycles. The Morgan fingerprint density at radius 1 is 0.229 bits per heavy atom. The maximum Gasteiger partial charge on any atom is 0.306 e. The largest absolute Gasteiger partial charge is 0.462 e. The highest BCUT2D eigenvalue weighted by Crippen LogP contribution is 2.19. The molecule has 0 heterocycles. The van der Waals surface area contributed by atoms with Gasteiger partial charge in [0, 0.05) is 19.3 Å². The van der Waals surface area contributed by atoms with Gasteiger partial charge in [-0.2, -0.15) is 0 Å². The number of rotatable bonds is 60. The summed E-state index contributed by atoms with van der Waals surface area (Å²) in [6.07, 6.45) is 68.4. The van der Waals surface area contributed by atoms with Crippen LogP contribution in [0, 0.1) is 0 Å². The summed E-state index contributed by atoms with van der Waals surface area (Å²) in [5.41, 5.74) is 0. The fourth-order valence-electron chi connectivity index (χ4n) is 10.0. The van der Waals surface area contributed by atoms with Gasteiger partial charge in [-0.1, -0.05) is 335 Å². The van der Waals surface area contributed by atoms with Crippen LogP contribution in [0.3, 0.4) is 0 Å². The summed E-state index contributed by atoms with van der Waals surface area (Å²) in [6.45, 7) is 6.70. The molecule has 0 aromatic rings. The summed E-state index contributed by atoms with van der Waals surface area (Å²) in [4.78, 5) is 38.1. The molecule has 0 N–H and O–H groups in total. The molecule has 1 atom stereocenters. The van der Waals surface area contributed by atoms with E-state index in [0.717, 1.165) is 57.8 Å². The first-order valence-electron chi connectivity index (χ1n) is 32.0. The minimum atomic E-state index is -0.761. The zero-order valence-electron chi connectivity index (χ0n) is 47.8. The average molecular weight is 990 g/mol. The topological polar surface area (TPSA) is 78.9 Å². The van der Waals surface area contributed by atoms with Gasteiger partial charge < -0.3 is 14.2 Å². The lowest BCUT2D eigenvalue weighted by molar-refractivity contribution is -0.167. The Kier molecular flexibility index (Phi) is 58.6. The molecule has 70 heavy (non-hydrogen) atoms. The van der Waals surface area contributed by atoms with E-state index < -0.39 is 6.10 Å². The van der Waals surface area contributed by atoms with Gasteiger partial charge in [0.25, 0.3) is 0 Å². The fraction of sp³-hybridized carbons (Fsp3) is 0.953. The first-order valence-corrected chi connectivity index (χ1v) is 32.0. The molecular formula is C64H124O6. The standard InChI is InChI=1S/C64H124O6/c1-4-7-10-13-16-19-22-24-25-26-27-28-29-30-31-32-33-34-35-36-37-38-40-42-45-48-51-54-57-63(66)69-60-61(59-68-62(65)56-53-50-47-44-41-21-18-15-12-9-6-3)70-64(67)58-55-52-49-46-43-39-23-20-17-14-11-8-5-2/h61H,4-60H2,1-3H3. The molecule has 0 aliphatic carbocycles. The quantitative estimate of drug-likeness (QED) is 0.0343. The van der Waals surface area contributed by atoms with Crippen molar-refractivity contribution in [3.8, 4) is 0 Å². The molecule has 0 fully saturated rings. The molecule has 0 amide bonds. The van der Waals surface area contributed by atoms with E-state index >= 15 is 0 Å². The minimum Gasteiger partial charge on any atom is -0.462 e. The third kappa shape index (κ3) is 57.3. The number of ether oxygens (including phenoxy) is 3. The molecule has 6 nitrogen and oxygen atoms in total. The fourth-order valence-corrected chi connectivity index (χ4v) is 10.0. The number of esters is 3. The summed E-state index contributed by atoms with van der Waals surface area (Å²) in [5, 5.41) is 0. The van der Waals surface area contributed by atoms with Gasteiger partial charge in [0.05, 0.1) is 0 Å². The molecule has 0 rings (SSSR count). The Hall–Kier alpha value is -1.59. The van der Waals surface area contributed by atoms with Gasteiger partial charge in [0.1, 0.15) is 13.2 Å². The lowest BCUT2D eigenvalue weighted by atomic mass is 10.0. The maximum atomic E-state index is 12.8. The van der Waals surface area contributed by atoms with E-state index in [2.05, 4.69) is 20.8 Å². The Morgan fingerprint density at radius 2 is 0.386 bits per heavy atom. The van der Waals surface area contributed by atoms with Crippen LogP contribution in [0.25, 0.3) is 0 Å².